The molecule has 0 aliphatic heterocycles. The molecule has 2 aromatic heterocycles. The Hall–Kier alpha value is -1.81. The van der Waals surface area contributed by atoms with Crippen LogP contribution in [0, 0.1) is 6.92 Å². The maximum Gasteiger partial charge on any atom is 0.236 e. The number of carbonyl (C=O) groups excluding carboxylic acids is 1. The van der Waals surface area contributed by atoms with Crippen LogP contribution in [0.5, 0.6) is 0 Å². The van der Waals surface area contributed by atoms with Crippen LogP contribution >= 0.6 is 46.3 Å². The lowest BCUT2D eigenvalue weighted by Crippen LogP contribution is -2.16. The van der Waals surface area contributed by atoms with Crippen LogP contribution < -0.4 is 11.2 Å². The topological polar surface area (TPSA) is 98.7 Å². The summed E-state index contributed by atoms with van der Waals surface area (Å²) in [6.07, 6.45) is 2.34. The largest absolute Gasteiger partial charge is 0.336 e. The molecular weight excluding hydrogens is 415 g/mol. The molecule has 0 unspecified atom stereocenters. The molecule has 0 spiro atoms. The number of amides is 1. The fraction of sp³-hybridized carbons (Fsp3) is 0.200. The second-order valence-corrected chi connectivity index (χ2v) is 8.18. The summed E-state index contributed by atoms with van der Waals surface area (Å²) >= 11 is 14.7. The minimum absolute atomic E-state index is 0.160. The second-order valence-electron chi connectivity index (χ2n) is 5.28. The molecule has 136 valence electrons. The van der Waals surface area contributed by atoms with Crippen LogP contribution in [0.3, 0.4) is 0 Å². The van der Waals surface area contributed by atoms with Crippen LogP contribution in [0.2, 0.25) is 10.0 Å². The van der Waals surface area contributed by atoms with Crippen LogP contribution in [-0.2, 0) is 11.2 Å². The number of nitrogens with two attached hydrogens (primary N) is 1. The number of thioether (sulfide) groups is 1. The summed E-state index contributed by atoms with van der Waals surface area (Å²) in [5.74, 6) is 6.30. The molecule has 1 amide bonds. The van der Waals surface area contributed by atoms with Crippen molar-refractivity contribution in [3.05, 3.63) is 50.7 Å². The summed E-state index contributed by atoms with van der Waals surface area (Å²) in [6.45, 7) is 1.74. The molecule has 26 heavy (non-hydrogen) atoms. The number of benzene rings is 1. The van der Waals surface area contributed by atoms with Crippen LogP contribution in [0.4, 0.5) is 5.13 Å². The number of nitrogens with zero attached hydrogens (tertiary/aromatic N) is 4. The number of thiazole rings is 1. The molecule has 11 heteroatoms. The van der Waals surface area contributed by atoms with Gasteiger partial charge in [0.15, 0.2) is 5.13 Å². The highest BCUT2D eigenvalue weighted by Gasteiger charge is 2.12. The minimum Gasteiger partial charge on any atom is -0.336 e. The van der Waals surface area contributed by atoms with Crippen molar-refractivity contribution in [3.8, 4) is 0 Å². The Morgan fingerprint density at radius 3 is 2.88 bits per heavy atom. The van der Waals surface area contributed by atoms with E-state index < -0.39 is 0 Å². The smallest absolute Gasteiger partial charge is 0.236 e. The molecular formula is C15H14Cl2N6OS2. The molecule has 3 rings (SSSR count). The van der Waals surface area contributed by atoms with Gasteiger partial charge in [-0.2, -0.15) is 0 Å². The van der Waals surface area contributed by atoms with Gasteiger partial charge in [-0.25, -0.2) is 9.66 Å². The summed E-state index contributed by atoms with van der Waals surface area (Å²) in [4.78, 5) is 17.3. The molecule has 0 saturated heterocycles. The monoisotopic (exact) mass is 428 g/mol. The zero-order valence-corrected chi connectivity index (χ0v) is 16.7. The van der Waals surface area contributed by atoms with Crippen LogP contribution in [0.25, 0.3) is 0 Å². The summed E-state index contributed by atoms with van der Waals surface area (Å²) < 4.78 is 1.34. The van der Waals surface area contributed by atoms with E-state index in [2.05, 4.69) is 20.5 Å². The molecule has 0 radical (unpaired) electrons. The number of rotatable bonds is 6. The first kappa shape index (κ1) is 19.0. The van der Waals surface area contributed by atoms with E-state index in [0.29, 0.717) is 32.6 Å². The Bertz CT molecular complexity index is 942. The number of hydrogen-bond donors (Lipinski definition) is 2. The Balaban J connectivity index is 1.56. The summed E-state index contributed by atoms with van der Waals surface area (Å²) in [5.41, 5.74) is 0.950. The second kappa shape index (κ2) is 8.26. The van der Waals surface area contributed by atoms with Crippen molar-refractivity contribution in [2.45, 2.75) is 18.5 Å². The predicted molar refractivity (Wildman–Crippen MR) is 106 cm³/mol. The zero-order chi connectivity index (χ0) is 18.7. The number of nitrogens with one attached hydrogen (secondary N) is 1. The third-order valence-corrected chi connectivity index (χ3v) is 5.79. The molecule has 0 saturated carbocycles. The first-order valence-corrected chi connectivity index (χ1v) is 9.96. The lowest BCUT2D eigenvalue weighted by Gasteiger charge is -2.03. The number of halogens is 2. The van der Waals surface area contributed by atoms with Crippen molar-refractivity contribution in [2.75, 3.05) is 16.9 Å². The number of aryl methyl sites for hydroxylation is 1. The van der Waals surface area contributed by atoms with E-state index in [0.717, 1.165) is 10.4 Å². The molecule has 7 nitrogen and oxygen atoms in total. The standard InChI is InChI=1S/C15H14Cl2N6OS2/c1-8-21-22-15(23(8)18)25-7-13(24)20-14-19-6-11(26-14)4-9-2-3-10(16)5-12(9)17/h2-3,5-6H,4,7,18H2,1H3,(H,19,20,24). The minimum atomic E-state index is -0.193. The van der Waals surface area contributed by atoms with E-state index in [4.69, 9.17) is 29.0 Å². The first-order chi connectivity index (χ1) is 12.4. The normalized spacial score (nSPS) is 10.9. The number of hydrogen-bond acceptors (Lipinski definition) is 7. The van der Waals surface area contributed by atoms with Gasteiger partial charge in [0, 0.05) is 27.5 Å². The van der Waals surface area contributed by atoms with E-state index in [-0.39, 0.29) is 11.7 Å². The van der Waals surface area contributed by atoms with Crippen LogP contribution in [-0.4, -0.2) is 31.5 Å². The van der Waals surface area contributed by atoms with Gasteiger partial charge in [0.05, 0.1) is 5.75 Å². The summed E-state index contributed by atoms with van der Waals surface area (Å²) in [5, 5.41) is 12.7. The lowest BCUT2D eigenvalue weighted by atomic mass is 10.1. The summed E-state index contributed by atoms with van der Waals surface area (Å²) in [6, 6.07) is 5.38. The molecule has 0 aliphatic carbocycles. The molecule has 3 aromatic rings. The third kappa shape index (κ3) is 4.67. The van der Waals surface area contributed by atoms with Crippen molar-refractivity contribution in [1.29, 1.82) is 0 Å². The zero-order valence-electron chi connectivity index (χ0n) is 13.6. The van der Waals surface area contributed by atoms with Crippen molar-refractivity contribution in [2.24, 2.45) is 0 Å². The molecule has 0 aliphatic rings. The van der Waals surface area contributed by atoms with E-state index in [1.165, 1.54) is 27.8 Å². The van der Waals surface area contributed by atoms with Crippen molar-refractivity contribution >= 4 is 57.3 Å². The lowest BCUT2D eigenvalue weighted by molar-refractivity contribution is -0.113. The number of anilines is 1. The van der Waals surface area contributed by atoms with E-state index in [1.807, 2.05) is 6.07 Å². The highest BCUT2D eigenvalue weighted by molar-refractivity contribution is 7.99. The maximum atomic E-state index is 12.1. The van der Waals surface area contributed by atoms with Crippen LogP contribution in [0.1, 0.15) is 16.3 Å². The maximum absolute atomic E-state index is 12.1. The highest BCUT2D eigenvalue weighted by atomic mass is 35.5. The van der Waals surface area contributed by atoms with E-state index in [9.17, 15) is 4.79 Å². The highest BCUT2D eigenvalue weighted by Crippen LogP contribution is 2.27. The number of aromatic nitrogens is 4. The molecule has 0 atom stereocenters. The van der Waals surface area contributed by atoms with Gasteiger partial charge in [0.2, 0.25) is 11.1 Å². The average Bonchev–Trinajstić information content (AvgIpc) is 3.16. The average molecular weight is 429 g/mol. The van der Waals surface area contributed by atoms with Crippen molar-refractivity contribution < 1.29 is 4.79 Å². The van der Waals surface area contributed by atoms with Crippen LogP contribution in [0.15, 0.2) is 29.6 Å². The van der Waals surface area contributed by atoms with Gasteiger partial charge in [0.1, 0.15) is 5.82 Å². The van der Waals surface area contributed by atoms with E-state index >= 15 is 0 Å². The number of carbonyl (C=O) groups is 1. The Kier molecular flexibility index (Phi) is 6.02. The molecule has 3 N–H and O–H groups in total. The number of nitrogen functional groups attached to an aromatic ring is 1. The fourth-order valence-corrected chi connectivity index (χ4v) is 4.06. The first-order valence-electron chi connectivity index (χ1n) is 7.40. The van der Waals surface area contributed by atoms with Crippen molar-refractivity contribution in [3.63, 3.8) is 0 Å². The van der Waals surface area contributed by atoms with Gasteiger partial charge in [-0.3, -0.25) is 4.79 Å². The van der Waals surface area contributed by atoms with Gasteiger partial charge in [0.25, 0.3) is 0 Å². The Labute approximate surface area is 167 Å². The molecule has 1 aromatic carbocycles. The molecule has 2 heterocycles. The van der Waals surface area contributed by atoms with E-state index in [1.54, 1.807) is 25.3 Å². The molecule has 0 fully saturated rings. The quantitative estimate of drug-likeness (QED) is 0.461. The third-order valence-electron chi connectivity index (χ3n) is 3.35. The molecule has 0 bridgehead atoms. The van der Waals surface area contributed by atoms with Gasteiger partial charge >= 0.3 is 0 Å². The van der Waals surface area contributed by atoms with Crippen molar-refractivity contribution in [1.82, 2.24) is 19.9 Å². The fourth-order valence-electron chi connectivity index (χ4n) is 2.03. The summed E-state index contributed by atoms with van der Waals surface area (Å²) in [7, 11) is 0. The van der Waals surface area contributed by atoms with Gasteiger partial charge in [-0.1, -0.05) is 41.0 Å². The SMILES string of the molecule is Cc1nnc(SCC(=O)Nc2ncc(Cc3ccc(Cl)cc3Cl)s2)n1N. The van der Waals surface area contributed by atoms with Gasteiger partial charge in [-0.15, -0.1) is 21.5 Å². The Morgan fingerprint density at radius 2 is 2.19 bits per heavy atom. The predicted octanol–water partition coefficient (Wildman–Crippen LogP) is 3.39. The Morgan fingerprint density at radius 1 is 1.38 bits per heavy atom. The van der Waals surface area contributed by atoms with Gasteiger partial charge in [-0.05, 0) is 24.6 Å². The van der Waals surface area contributed by atoms with Gasteiger partial charge < -0.3 is 11.2 Å².